The first-order valence-electron chi connectivity index (χ1n) is 5.14. The Morgan fingerprint density at radius 2 is 2.07 bits per heavy atom. The maximum absolute atomic E-state index is 13.4. The molecule has 1 aliphatic heterocycles. The van der Waals surface area contributed by atoms with Crippen molar-refractivity contribution in [3.8, 4) is 0 Å². The Kier molecular flexibility index (Phi) is 2.01. The maximum Gasteiger partial charge on any atom is 0.256 e. The largest absolute Gasteiger partial charge is 0.299 e. The fourth-order valence-corrected chi connectivity index (χ4v) is 3.10. The van der Waals surface area contributed by atoms with Crippen LogP contribution in [0.2, 0.25) is 0 Å². The van der Waals surface area contributed by atoms with E-state index in [1.54, 1.807) is 0 Å². The van der Waals surface area contributed by atoms with Gasteiger partial charge in [-0.2, -0.15) is 0 Å². The van der Waals surface area contributed by atoms with Gasteiger partial charge < -0.3 is 0 Å². The monoisotopic (exact) mass is 201 g/mol. The van der Waals surface area contributed by atoms with Crippen molar-refractivity contribution in [1.29, 1.82) is 0 Å². The predicted octanol–water partition coefficient (Wildman–Crippen LogP) is 2.68. The van der Waals surface area contributed by atoms with Crippen LogP contribution in [0.4, 0.5) is 8.78 Å². The van der Waals surface area contributed by atoms with Gasteiger partial charge in [-0.25, -0.2) is 8.78 Å². The van der Waals surface area contributed by atoms with Gasteiger partial charge in [-0.15, -0.1) is 0 Å². The van der Waals surface area contributed by atoms with Crippen molar-refractivity contribution in [3.05, 3.63) is 12.2 Å². The molecule has 0 bridgehead atoms. The molecule has 2 fully saturated rings. The van der Waals surface area contributed by atoms with Crippen LogP contribution >= 0.6 is 0 Å². The van der Waals surface area contributed by atoms with E-state index in [2.05, 4.69) is 6.58 Å². The number of likely N-dealkylation sites (N-methyl/N-ethyl adjacent to an activating group) is 1. The fourth-order valence-electron chi connectivity index (χ4n) is 3.10. The third-order valence-corrected chi connectivity index (χ3v) is 3.71. The number of hydrogen-bond donors (Lipinski definition) is 0. The lowest BCUT2D eigenvalue weighted by molar-refractivity contribution is 0.00645. The molecule has 80 valence electrons. The second-order valence-corrected chi connectivity index (χ2v) is 4.87. The van der Waals surface area contributed by atoms with Gasteiger partial charge in [-0.1, -0.05) is 12.2 Å². The lowest BCUT2D eigenvalue weighted by Gasteiger charge is -2.40. The molecule has 1 saturated heterocycles. The van der Waals surface area contributed by atoms with Gasteiger partial charge >= 0.3 is 0 Å². The highest BCUT2D eigenvalue weighted by molar-refractivity contribution is 5.25. The first-order valence-corrected chi connectivity index (χ1v) is 5.14. The Hall–Kier alpha value is -0.440. The van der Waals surface area contributed by atoms with Gasteiger partial charge in [0.25, 0.3) is 5.92 Å². The number of alkyl halides is 2. The summed E-state index contributed by atoms with van der Waals surface area (Å²) in [5.41, 5.74) is 0.107. The van der Waals surface area contributed by atoms with Crippen LogP contribution in [0.25, 0.3) is 0 Å². The summed E-state index contributed by atoms with van der Waals surface area (Å²) in [6.45, 7) is 6.63. The van der Waals surface area contributed by atoms with E-state index in [0.717, 1.165) is 18.5 Å². The zero-order chi connectivity index (χ0) is 10.6. The zero-order valence-electron chi connectivity index (χ0n) is 8.82. The molecule has 2 atom stereocenters. The van der Waals surface area contributed by atoms with Crippen molar-refractivity contribution < 1.29 is 8.78 Å². The molecule has 1 saturated carbocycles. The molecule has 0 amide bonds. The highest BCUT2D eigenvalue weighted by Gasteiger charge is 2.75. The summed E-state index contributed by atoms with van der Waals surface area (Å²) < 4.78 is 26.8. The van der Waals surface area contributed by atoms with Crippen LogP contribution in [0.5, 0.6) is 0 Å². The first kappa shape index (κ1) is 10.1. The van der Waals surface area contributed by atoms with E-state index >= 15 is 0 Å². The molecule has 14 heavy (non-hydrogen) atoms. The summed E-state index contributed by atoms with van der Waals surface area (Å²) >= 11 is 0. The highest BCUT2D eigenvalue weighted by Crippen LogP contribution is 2.68. The number of hydrogen-bond acceptors (Lipinski definition) is 1. The normalized spacial score (nSPS) is 41.3. The van der Waals surface area contributed by atoms with E-state index in [4.69, 9.17) is 0 Å². The number of halogens is 2. The van der Waals surface area contributed by atoms with Crippen LogP contribution in [-0.2, 0) is 0 Å². The fraction of sp³-hybridized carbons (Fsp3) is 0.818. The molecule has 0 N–H and O–H groups in total. The molecular weight excluding hydrogens is 184 g/mol. The second-order valence-electron chi connectivity index (χ2n) is 4.87. The summed E-state index contributed by atoms with van der Waals surface area (Å²) in [6, 6.07) is -0.119. The van der Waals surface area contributed by atoms with E-state index in [-0.39, 0.29) is 12.5 Å². The van der Waals surface area contributed by atoms with E-state index in [9.17, 15) is 8.78 Å². The van der Waals surface area contributed by atoms with E-state index in [1.165, 1.54) is 0 Å². The molecule has 0 aromatic carbocycles. The van der Waals surface area contributed by atoms with Crippen LogP contribution in [-0.4, -0.2) is 30.5 Å². The van der Waals surface area contributed by atoms with Crippen LogP contribution in [0.3, 0.4) is 0 Å². The Bertz CT molecular complexity index is 274. The van der Waals surface area contributed by atoms with Crippen LogP contribution in [0.1, 0.15) is 26.2 Å². The Labute approximate surface area is 83.8 Å². The number of piperidine rings is 1. The topological polar surface area (TPSA) is 3.24 Å². The Balaban J connectivity index is 2.28. The quantitative estimate of drug-likeness (QED) is 0.589. The number of rotatable bonds is 1. The Morgan fingerprint density at radius 1 is 1.50 bits per heavy atom. The van der Waals surface area contributed by atoms with E-state index in [0.29, 0.717) is 6.42 Å². The molecule has 2 rings (SSSR count). The van der Waals surface area contributed by atoms with E-state index in [1.807, 2.05) is 18.9 Å². The van der Waals surface area contributed by atoms with Crippen molar-refractivity contribution in [2.75, 3.05) is 13.6 Å². The minimum atomic E-state index is -2.45. The molecule has 1 heterocycles. The smallest absolute Gasteiger partial charge is 0.256 e. The Morgan fingerprint density at radius 3 is 2.43 bits per heavy atom. The molecule has 0 aromatic rings. The molecule has 2 aliphatic rings. The van der Waals surface area contributed by atoms with Crippen molar-refractivity contribution in [1.82, 2.24) is 4.90 Å². The lowest BCUT2D eigenvalue weighted by atomic mass is 9.82. The summed E-state index contributed by atoms with van der Waals surface area (Å²) in [7, 11) is 1.93. The van der Waals surface area contributed by atoms with Gasteiger partial charge in [0, 0.05) is 12.5 Å². The SMILES string of the molecule is C=C(C)C1N(C)CCCC12CC2(F)F. The minimum Gasteiger partial charge on any atom is -0.299 e. The third kappa shape index (κ3) is 1.14. The number of likely N-dealkylation sites (tertiary alicyclic amines) is 1. The lowest BCUT2D eigenvalue weighted by Crippen LogP contribution is -2.47. The summed E-state index contributed by atoms with van der Waals surface area (Å²) in [4.78, 5) is 2.03. The van der Waals surface area contributed by atoms with Gasteiger partial charge in [0.05, 0.1) is 5.41 Å². The summed E-state index contributed by atoms with van der Waals surface area (Å²) in [5, 5.41) is 0. The summed E-state index contributed by atoms with van der Waals surface area (Å²) in [6.07, 6.45) is 1.60. The van der Waals surface area contributed by atoms with E-state index < -0.39 is 11.3 Å². The molecule has 1 spiro atoms. The van der Waals surface area contributed by atoms with Gasteiger partial charge in [-0.3, -0.25) is 4.90 Å². The van der Waals surface area contributed by atoms with Gasteiger partial charge in [0.1, 0.15) is 0 Å². The van der Waals surface area contributed by atoms with Crippen LogP contribution < -0.4 is 0 Å². The van der Waals surface area contributed by atoms with Gasteiger partial charge in [-0.05, 0) is 33.4 Å². The van der Waals surface area contributed by atoms with Crippen LogP contribution in [0.15, 0.2) is 12.2 Å². The van der Waals surface area contributed by atoms with Crippen LogP contribution in [0, 0.1) is 5.41 Å². The average Bonchev–Trinajstić information content (AvgIpc) is 2.51. The van der Waals surface area contributed by atoms with Crippen molar-refractivity contribution in [2.45, 2.75) is 38.2 Å². The molecular formula is C11H17F2N. The van der Waals surface area contributed by atoms with Gasteiger partial charge in [0.15, 0.2) is 0 Å². The maximum atomic E-state index is 13.4. The number of nitrogens with zero attached hydrogens (tertiary/aromatic N) is 1. The molecule has 1 aliphatic carbocycles. The van der Waals surface area contributed by atoms with Crippen molar-refractivity contribution in [3.63, 3.8) is 0 Å². The standard InChI is InChI=1S/C11H17F2N/c1-8(2)9-10(7-11(10,12)13)5-4-6-14(9)3/h9H,1,4-7H2,2-3H3. The zero-order valence-corrected chi connectivity index (χ0v) is 8.82. The van der Waals surface area contributed by atoms with Gasteiger partial charge in [0.2, 0.25) is 0 Å². The highest BCUT2D eigenvalue weighted by atomic mass is 19.3. The second kappa shape index (κ2) is 2.78. The molecule has 0 radical (unpaired) electrons. The average molecular weight is 201 g/mol. The molecule has 0 aromatic heterocycles. The summed E-state index contributed by atoms with van der Waals surface area (Å²) in [5.74, 6) is -2.45. The molecule has 3 heteroatoms. The minimum absolute atomic E-state index is 0.0574. The third-order valence-electron chi connectivity index (χ3n) is 3.71. The molecule has 1 nitrogen and oxygen atoms in total. The predicted molar refractivity (Wildman–Crippen MR) is 52.5 cm³/mol. The molecule has 2 unspecified atom stereocenters. The van der Waals surface area contributed by atoms with Crippen molar-refractivity contribution >= 4 is 0 Å². The first-order chi connectivity index (χ1) is 6.41. The van der Waals surface area contributed by atoms with Crippen molar-refractivity contribution in [2.24, 2.45) is 5.41 Å².